The number of rotatable bonds is 6. The lowest BCUT2D eigenvalue weighted by Crippen LogP contribution is -2.22. The molecule has 2 aromatic heterocycles. The largest absolute Gasteiger partial charge is 0.355 e. The number of nitrogens with zero attached hydrogens (tertiary/aromatic N) is 2. The van der Waals surface area contributed by atoms with Crippen molar-refractivity contribution in [2.75, 3.05) is 11.9 Å². The van der Waals surface area contributed by atoms with E-state index in [1.807, 2.05) is 6.20 Å². The Balaban J connectivity index is 2.05. The minimum Gasteiger partial charge on any atom is -0.355 e. The number of hydrogen-bond donors (Lipinski definition) is 1. The third-order valence-electron chi connectivity index (χ3n) is 3.18. The molecule has 2 aromatic rings. The third kappa shape index (κ3) is 4.05. The maximum Gasteiger partial charge on any atom is 0.131 e. The molecule has 0 fully saturated rings. The van der Waals surface area contributed by atoms with Gasteiger partial charge >= 0.3 is 0 Å². The average molecular weight is 289 g/mol. The summed E-state index contributed by atoms with van der Waals surface area (Å²) in [6.07, 6.45) is 1.97. The van der Waals surface area contributed by atoms with Crippen LogP contribution in [-0.2, 0) is 13.1 Å². The first kappa shape index (κ1) is 15.0. The molecule has 3 nitrogen and oxygen atoms in total. The summed E-state index contributed by atoms with van der Waals surface area (Å²) < 4.78 is 0. The molecule has 0 amide bonds. The second-order valence-corrected chi connectivity index (χ2v) is 6.29. The highest BCUT2D eigenvalue weighted by atomic mass is 32.1. The van der Waals surface area contributed by atoms with Gasteiger partial charge in [0.2, 0.25) is 0 Å². The van der Waals surface area contributed by atoms with Gasteiger partial charge in [0.1, 0.15) is 5.82 Å². The zero-order valence-corrected chi connectivity index (χ0v) is 13.5. The zero-order valence-electron chi connectivity index (χ0n) is 12.7. The fourth-order valence-corrected chi connectivity index (χ4v) is 2.84. The van der Waals surface area contributed by atoms with Gasteiger partial charge in [0.05, 0.1) is 0 Å². The highest BCUT2D eigenvalue weighted by Gasteiger charge is 2.08. The van der Waals surface area contributed by atoms with Crippen molar-refractivity contribution < 1.29 is 0 Å². The maximum atomic E-state index is 4.63. The van der Waals surface area contributed by atoms with Crippen molar-refractivity contribution in [2.45, 2.75) is 39.9 Å². The molecule has 0 aliphatic carbocycles. The summed E-state index contributed by atoms with van der Waals surface area (Å²) in [4.78, 5) is 6.83. The van der Waals surface area contributed by atoms with Crippen molar-refractivity contribution in [1.29, 1.82) is 0 Å². The van der Waals surface area contributed by atoms with E-state index in [1.54, 1.807) is 11.3 Å². The topological polar surface area (TPSA) is 28.2 Å². The Morgan fingerprint density at radius 1 is 1.35 bits per heavy atom. The Morgan fingerprint density at radius 2 is 2.15 bits per heavy atom. The van der Waals surface area contributed by atoms with Gasteiger partial charge in [0, 0.05) is 32.4 Å². The molecule has 0 aliphatic rings. The molecule has 0 unspecified atom stereocenters. The van der Waals surface area contributed by atoms with E-state index in [2.05, 4.69) is 65.9 Å². The number of aromatic nitrogens is 1. The van der Waals surface area contributed by atoms with E-state index in [4.69, 9.17) is 0 Å². The Bertz CT molecular complexity index is 535. The standard InChI is InChI=1S/C16H23N3S/c1-12(2)17-8-15-7-13(3)16(18-9-15)19(4)10-14-5-6-20-11-14/h5-7,9,11-12,17H,8,10H2,1-4H3. The van der Waals surface area contributed by atoms with Gasteiger partial charge < -0.3 is 10.2 Å². The number of nitrogens with one attached hydrogen (secondary N) is 1. The highest BCUT2D eigenvalue weighted by Crippen LogP contribution is 2.19. The summed E-state index contributed by atoms with van der Waals surface area (Å²) in [5, 5.41) is 7.72. The summed E-state index contributed by atoms with van der Waals surface area (Å²) in [5.41, 5.74) is 3.80. The molecule has 0 bridgehead atoms. The predicted octanol–water partition coefficient (Wildman–Crippen LogP) is 3.59. The first-order valence-corrected chi connectivity index (χ1v) is 7.91. The van der Waals surface area contributed by atoms with Gasteiger partial charge in [-0.15, -0.1) is 0 Å². The van der Waals surface area contributed by atoms with Gasteiger partial charge in [-0.1, -0.05) is 13.8 Å². The van der Waals surface area contributed by atoms with E-state index in [0.29, 0.717) is 6.04 Å². The number of anilines is 1. The summed E-state index contributed by atoms with van der Waals surface area (Å²) in [6.45, 7) is 8.22. The summed E-state index contributed by atoms with van der Waals surface area (Å²) in [7, 11) is 2.10. The number of aryl methyl sites for hydroxylation is 1. The van der Waals surface area contributed by atoms with Gasteiger partial charge in [0.15, 0.2) is 0 Å². The molecule has 20 heavy (non-hydrogen) atoms. The van der Waals surface area contributed by atoms with Crippen molar-refractivity contribution in [3.63, 3.8) is 0 Å². The first-order chi connectivity index (χ1) is 9.56. The van der Waals surface area contributed by atoms with Crippen molar-refractivity contribution in [3.8, 4) is 0 Å². The minimum absolute atomic E-state index is 0.497. The van der Waals surface area contributed by atoms with Crippen LogP contribution in [0.25, 0.3) is 0 Å². The molecule has 1 N–H and O–H groups in total. The van der Waals surface area contributed by atoms with Crippen LogP contribution in [0.2, 0.25) is 0 Å². The van der Waals surface area contributed by atoms with Gasteiger partial charge in [0.25, 0.3) is 0 Å². The van der Waals surface area contributed by atoms with Gasteiger partial charge in [-0.25, -0.2) is 4.98 Å². The molecule has 0 saturated carbocycles. The van der Waals surface area contributed by atoms with Gasteiger partial charge in [-0.2, -0.15) is 11.3 Å². The van der Waals surface area contributed by atoms with Crippen molar-refractivity contribution in [2.24, 2.45) is 0 Å². The SMILES string of the molecule is Cc1cc(CNC(C)C)cnc1N(C)Cc1ccsc1. The quantitative estimate of drug-likeness (QED) is 0.881. The maximum absolute atomic E-state index is 4.63. The van der Waals surface area contributed by atoms with Crippen LogP contribution in [0.4, 0.5) is 5.82 Å². The van der Waals surface area contributed by atoms with Crippen LogP contribution in [0.15, 0.2) is 29.1 Å². The normalized spacial score (nSPS) is 11.1. The van der Waals surface area contributed by atoms with Gasteiger partial charge in [-0.05, 0) is 46.5 Å². The lowest BCUT2D eigenvalue weighted by atomic mass is 10.2. The number of hydrogen-bond acceptors (Lipinski definition) is 4. The molecule has 0 spiro atoms. The smallest absolute Gasteiger partial charge is 0.131 e. The lowest BCUT2D eigenvalue weighted by Gasteiger charge is -2.20. The van der Waals surface area contributed by atoms with Crippen LogP contribution in [-0.4, -0.2) is 18.1 Å². The van der Waals surface area contributed by atoms with Crippen LogP contribution in [0, 0.1) is 6.92 Å². The van der Waals surface area contributed by atoms with E-state index in [1.165, 1.54) is 16.7 Å². The van der Waals surface area contributed by atoms with E-state index >= 15 is 0 Å². The fraction of sp³-hybridized carbons (Fsp3) is 0.438. The van der Waals surface area contributed by atoms with Crippen LogP contribution in [0.3, 0.4) is 0 Å². The molecule has 0 atom stereocenters. The minimum atomic E-state index is 0.497. The molecule has 108 valence electrons. The number of pyridine rings is 1. The van der Waals surface area contributed by atoms with Crippen molar-refractivity contribution in [3.05, 3.63) is 45.8 Å². The van der Waals surface area contributed by atoms with E-state index < -0.39 is 0 Å². The van der Waals surface area contributed by atoms with Crippen molar-refractivity contribution >= 4 is 17.2 Å². The highest BCUT2D eigenvalue weighted by molar-refractivity contribution is 7.07. The summed E-state index contributed by atoms with van der Waals surface area (Å²) >= 11 is 1.74. The first-order valence-electron chi connectivity index (χ1n) is 6.97. The molecule has 2 heterocycles. The van der Waals surface area contributed by atoms with E-state index in [9.17, 15) is 0 Å². The monoisotopic (exact) mass is 289 g/mol. The molecule has 2 rings (SSSR count). The Hall–Kier alpha value is -1.39. The van der Waals surface area contributed by atoms with Crippen LogP contribution in [0.5, 0.6) is 0 Å². The molecule has 0 saturated heterocycles. The fourth-order valence-electron chi connectivity index (χ4n) is 2.18. The molecule has 4 heteroatoms. The van der Waals surface area contributed by atoms with E-state index in [-0.39, 0.29) is 0 Å². The second kappa shape index (κ2) is 6.86. The molecule has 0 aromatic carbocycles. The van der Waals surface area contributed by atoms with Crippen LogP contribution < -0.4 is 10.2 Å². The number of thiophene rings is 1. The zero-order chi connectivity index (χ0) is 14.5. The third-order valence-corrected chi connectivity index (χ3v) is 3.92. The summed E-state index contributed by atoms with van der Waals surface area (Å²) in [6, 6.07) is 4.88. The van der Waals surface area contributed by atoms with Crippen molar-refractivity contribution in [1.82, 2.24) is 10.3 Å². The Morgan fingerprint density at radius 3 is 2.75 bits per heavy atom. The van der Waals surface area contributed by atoms with Crippen LogP contribution >= 0.6 is 11.3 Å². The van der Waals surface area contributed by atoms with Gasteiger partial charge in [-0.3, -0.25) is 0 Å². The van der Waals surface area contributed by atoms with E-state index in [0.717, 1.165) is 18.9 Å². The Labute approximate surface area is 125 Å². The summed E-state index contributed by atoms with van der Waals surface area (Å²) in [5.74, 6) is 1.06. The lowest BCUT2D eigenvalue weighted by molar-refractivity contribution is 0.587. The average Bonchev–Trinajstić information content (AvgIpc) is 2.89. The van der Waals surface area contributed by atoms with Crippen LogP contribution in [0.1, 0.15) is 30.5 Å². The molecule has 0 radical (unpaired) electrons. The second-order valence-electron chi connectivity index (χ2n) is 5.51. The molecular formula is C16H23N3S. The molecular weight excluding hydrogens is 266 g/mol. The Kier molecular flexibility index (Phi) is 5.15. The molecule has 0 aliphatic heterocycles. The predicted molar refractivity (Wildman–Crippen MR) is 87.4 cm³/mol.